The number of nitrogens with two attached hydrogens (primary N) is 1. The van der Waals surface area contributed by atoms with Crippen molar-refractivity contribution in [3.05, 3.63) is 35.5 Å². The normalized spacial score (nSPS) is 12.9. The zero-order valence-corrected chi connectivity index (χ0v) is 9.03. The van der Waals surface area contributed by atoms with Gasteiger partial charge in [0.1, 0.15) is 6.04 Å². The number of hydrogen-bond donors (Lipinski definition) is 3. The molecular weight excluding hydrogens is 204 g/mol. The van der Waals surface area contributed by atoms with Crippen molar-refractivity contribution >= 4 is 16.9 Å². The quantitative estimate of drug-likeness (QED) is 0.729. The van der Waals surface area contributed by atoms with Crippen LogP contribution in [0.1, 0.15) is 11.1 Å². The molecule has 16 heavy (non-hydrogen) atoms. The summed E-state index contributed by atoms with van der Waals surface area (Å²) in [6, 6.07) is 5.10. The topological polar surface area (TPSA) is 79.1 Å². The molecule has 4 heteroatoms. The maximum Gasteiger partial charge on any atom is 0.320 e. The molecule has 1 aromatic heterocycles. The highest BCUT2D eigenvalue weighted by atomic mass is 16.4. The lowest BCUT2D eigenvalue weighted by molar-refractivity contribution is -0.138. The first-order chi connectivity index (χ1) is 7.59. The molecule has 0 amide bonds. The highest BCUT2D eigenvalue weighted by Gasteiger charge is 2.15. The Balaban J connectivity index is 2.42. The molecule has 1 unspecified atom stereocenters. The summed E-state index contributed by atoms with van der Waals surface area (Å²) in [7, 11) is 0. The first kappa shape index (κ1) is 10.7. The van der Waals surface area contributed by atoms with Crippen molar-refractivity contribution < 1.29 is 9.90 Å². The van der Waals surface area contributed by atoms with E-state index in [1.54, 1.807) is 0 Å². The molecule has 2 rings (SSSR count). The zero-order valence-electron chi connectivity index (χ0n) is 9.03. The van der Waals surface area contributed by atoms with Crippen molar-refractivity contribution in [2.75, 3.05) is 0 Å². The van der Waals surface area contributed by atoms with Crippen molar-refractivity contribution in [3.63, 3.8) is 0 Å². The summed E-state index contributed by atoms with van der Waals surface area (Å²) in [6.45, 7) is 2.01. The van der Waals surface area contributed by atoms with E-state index >= 15 is 0 Å². The predicted molar refractivity (Wildman–Crippen MR) is 62.4 cm³/mol. The van der Waals surface area contributed by atoms with Crippen LogP contribution >= 0.6 is 0 Å². The van der Waals surface area contributed by atoms with Crippen LogP contribution in [-0.2, 0) is 11.2 Å². The summed E-state index contributed by atoms with van der Waals surface area (Å²) in [5.74, 6) is -0.970. The summed E-state index contributed by atoms with van der Waals surface area (Å²) in [5, 5.41) is 9.87. The minimum atomic E-state index is -0.970. The van der Waals surface area contributed by atoms with E-state index in [9.17, 15) is 4.79 Å². The van der Waals surface area contributed by atoms with Crippen LogP contribution in [0.4, 0.5) is 0 Å². The van der Waals surface area contributed by atoms with Gasteiger partial charge in [-0.3, -0.25) is 4.79 Å². The molecule has 0 aliphatic heterocycles. The molecule has 4 N–H and O–H groups in total. The SMILES string of the molecule is Cc1cccc2[nH]cc(CC(N)C(=O)O)c12. The first-order valence-corrected chi connectivity index (χ1v) is 5.13. The van der Waals surface area contributed by atoms with E-state index in [0.717, 1.165) is 22.0 Å². The Morgan fingerprint density at radius 2 is 2.31 bits per heavy atom. The van der Waals surface area contributed by atoms with Crippen LogP contribution in [0, 0.1) is 6.92 Å². The molecule has 0 spiro atoms. The lowest BCUT2D eigenvalue weighted by Crippen LogP contribution is -2.32. The van der Waals surface area contributed by atoms with Crippen LogP contribution in [0.2, 0.25) is 0 Å². The number of hydrogen-bond acceptors (Lipinski definition) is 2. The zero-order chi connectivity index (χ0) is 11.7. The monoisotopic (exact) mass is 218 g/mol. The number of carboxylic acid groups (broad SMARTS) is 1. The molecule has 0 saturated carbocycles. The number of aryl methyl sites for hydroxylation is 1. The second kappa shape index (κ2) is 3.98. The van der Waals surface area contributed by atoms with Crippen LogP contribution < -0.4 is 5.73 Å². The highest BCUT2D eigenvalue weighted by Crippen LogP contribution is 2.22. The van der Waals surface area contributed by atoms with Crippen molar-refractivity contribution in [3.8, 4) is 0 Å². The molecule has 0 bridgehead atoms. The fourth-order valence-electron chi connectivity index (χ4n) is 1.94. The number of rotatable bonds is 3. The molecule has 1 atom stereocenters. The number of nitrogens with one attached hydrogen (secondary N) is 1. The van der Waals surface area contributed by atoms with Gasteiger partial charge in [-0.05, 0) is 24.1 Å². The number of aromatic amines is 1. The van der Waals surface area contributed by atoms with Crippen LogP contribution in [0.15, 0.2) is 24.4 Å². The largest absolute Gasteiger partial charge is 0.480 e. The lowest BCUT2D eigenvalue weighted by atomic mass is 10.0. The van der Waals surface area contributed by atoms with Crippen molar-refractivity contribution in [1.29, 1.82) is 0 Å². The van der Waals surface area contributed by atoms with Gasteiger partial charge in [-0.15, -0.1) is 0 Å². The van der Waals surface area contributed by atoms with Crippen LogP contribution in [0.3, 0.4) is 0 Å². The summed E-state index contributed by atoms with van der Waals surface area (Å²) in [6.07, 6.45) is 2.18. The second-order valence-corrected chi connectivity index (χ2v) is 3.96. The number of benzene rings is 1. The second-order valence-electron chi connectivity index (χ2n) is 3.96. The molecule has 0 saturated heterocycles. The predicted octanol–water partition coefficient (Wildman–Crippen LogP) is 1.43. The molecule has 4 nitrogen and oxygen atoms in total. The van der Waals surface area contributed by atoms with E-state index < -0.39 is 12.0 Å². The van der Waals surface area contributed by atoms with Gasteiger partial charge in [-0.2, -0.15) is 0 Å². The van der Waals surface area contributed by atoms with Crippen molar-refractivity contribution in [1.82, 2.24) is 4.98 Å². The van der Waals surface area contributed by atoms with Crippen LogP contribution in [-0.4, -0.2) is 22.1 Å². The van der Waals surface area contributed by atoms with Gasteiger partial charge < -0.3 is 15.8 Å². The van der Waals surface area contributed by atoms with E-state index in [0.29, 0.717) is 6.42 Å². The summed E-state index contributed by atoms with van der Waals surface area (Å²) in [4.78, 5) is 13.8. The average Bonchev–Trinajstić information content (AvgIpc) is 2.63. The van der Waals surface area contributed by atoms with E-state index in [1.807, 2.05) is 31.3 Å². The minimum absolute atomic E-state index is 0.347. The van der Waals surface area contributed by atoms with Gasteiger partial charge in [0.25, 0.3) is 0 Å². The standard InChI is InChI=1S/C12H14N2O2/c1-7-3-2-4-10-11(7)8(6-14-10)5-9(13)12(15)16/h2-4,6,9,14H,5,13H2,1H3,(H,15,16). The van der Waals surface area contributed by atoms with Crippen LogP contribution in [0.5, 0.6) is 0 Å². The molecule has 2 aromatic rings. The number of aromatic nitrogens is 1. The van der Waals surface area contributed by atoms with Gasteiger partial charge in [0.15, 0.2) is 0 Å². The summed E-state index contributed by atoms with van der Waals surface area (Å²) < 4.78 is 0. The van der Waals surface area contributed by atoms with Gasteiger partial charge in [0.2, 0.25) is 0 Å². The maximum atomic E-state index is 10.7. The van der Waals surface area contributed by atoms with E-state index in [-0.39, 0.29) is 0 Å². The highest BCUT2D eigenvalue weighted by molar-refractivity contribution is 5.87. The van der Waals surface area contributed by atoms with Crippen molar-refractivity contribution in [2.45, 2.75) is 19.4 Å². The third-order valence-corrected chi connectivity index (χ3v) is 2.75. The molecule has 84 valence electrons. The Kier molecular flexibility index (Phi) is 2.66. The summed E-state index contributed by atoms with van der Waals surface area (Å²) >= 11 is 0. The molecule has 0 radical (unpaired) electrons. The fourth-order valence-corrected chi connectivity index (χ4v) is 1.94. The van der Waals surface area contributed by atoms with Crippen LogP contribution in [0.25, 0.3) is 10.9 Å². The maximum absolute atomic E-state index is 10.7. The molecule has 0 aliphatic carbocycles. The number of aliphatic carboxylic acids is 1. The Bertz CT molecular complexity index is 531. The van der Waals surface area contributed by atoms with E-state index in [2.05, 4.69) is 4.98 Å². The van der Waals surface area contributed by atoms with Gasteiger partial charge in [0.05, 0.1) is 0 Å². The number of H-pyrrole nitrogens is 1. The first-order valence-electron chi connectivity index (χ1n) is 5.13. The van der Waals surface area contributed by atoms with E-state index in [4.69, 9.17) is 10.8 Å². The Labute approximate surface area is 93.1 Å². The minimum Gasteiger partial charge on any atom is -0.480 e. The van der Waals surface area contributed by atoms with Gasteiger partial charge >= 0.3 is 5.97 Å². The third-order valence-electron chi connectivity index (χ3n) is 2.75. The summed E-state index contributed by atoms with van der Waals surface area (Å²) in [5.41, 5.74) is 8.65. The fraction of sp³-hybridized carbons (Fsp3) is 0.250. The Hall–Kier alpha value is -1.81. The smallest absolute Gasteiger partial charge is 0.320 e. The van der Waals surface area contributed by atoms with Crippen molar-refractivity contribution in [2.24, 2.45) is 5.73 Å². The molecule has 0 aliphatic rings. The molecule has 1 heterocycles. The molecule has 0 fully saturated rings. The Morgan fingerprint density at radius 3 is 3.00 bits per heavy atom. The molecular formula is C12H14N2O2. The van der Waals surface area contributed by atoms with Gasteiger partial charge in [0, 0.05) is 23.5 Å². The lowest BCUT2D eigenvalue weighted by Gasteiger charge is -2.06. The van der Waals surface area contributed by atoms with E-state index in [1.165, 1.54) is 0 Å². The third kappa shape index (κ3) is 1.79. The number of fused-ring (bicyclic) bond motifs is 1. The average molecular weight is 218 g/mol. The molecule has 1 aromatic carbocycles. The van der Waals surface area contributed by atoms with Gasteiger partial charge in [-0.25, -0.2) is 0 Å². The number of carbonyl (C=O) groups is 1. The number of carboxylic acids is 1. The van der Waals surface area contributed by atoms with Gasteiger partial charge in [-0.1, -0.05) is 12.1 Å². The Morgan fingerprint density at radius 1 is 1.56 bits per heavy atom.